The molecule has 2 heterocycles. The molecule has 1 saturated heterocycles. The predicted molar refractivity (Wildman–Crippen MR) is 88.8 cm³/mol. The van der Waals surface area contributed by atoms with Crippen LogP contribution in [0.3, 0.4) is 0 Å². The second kappa shape index (κ2) is 7.74. The highest BCUT2D eigenvalue weighted by atomic mass is 15.2. The van der Waals surface area contributed by atoms with E-state index in [0.29, 0.717) is 12.1 Å². The van der Waals surface area contributed by atoms with Gasteiger partial charge in [-0.15, -0.1) is 0 Å². The topological polar surface area (TPSA) is 41.1 Å². The summed E-state index contributed by atoms with van der Waals surface area (Å²) in [7, 11) is 0. The Hall–Kier alpha value is -1.16. The first kappa shape index (κ1) is 16.2. The van der Waals surface area contributed by atoms with Crippen molar-refractivity contribution in [2.75, 3.05) is 18.0 Å². The van der Waals surface area contributed by atoms with Crippen LogP contribution in [0.4, 0.5) is 5.95 Å². The Kier molecular flexibility index (Phi) is 5.97. The van der Waals surface area contributed by atoms with Gasteiger partial charge in [-0.1, -0.05) is 33.1 Å². The zero-order valence-electron chi connectivity index (χ0n) is 14.0. The molecule has 0 unspecified atom stereocenters. The van der Waals surface area contributed by atoms with Gasteiger partial charge in [-0.05, 0) is 26.7 Å². The summed E-state index contributed by atoms with van der Waals surface area (Å²) in [4.78, 5) is 11.8. The van der Waals surface area contributed by atoms with Crippen LogP contribution in [-0.4, -0.2) is 29.1 Å². The lowest BCUT2D eigenvalue weighted by Gasteiger charge is -2.26. The normalized spacial score (nSPS) is 18.4. The molecule has 1 aromatic rings. The van der Waals surface area contributed by atoms with E-state index in [-0.39, 0.29) is 0 Å². The van der Waals surface area contributed by atoms with Crippen LogP contribution in [0.1, 0.15) is 70.2 Å². The van der Waals surface area contributed by atoms with E-state index in [9.17, 15) is 0 Å². The van der Waals surface area contributed by atoms with Gasteiger partial charge in [0.2, 0.25) is 5.95 Å². The lowest BCUT2D eigenvalue weighted by molar-refractivity contribution is 0.501. The average Bonchev–Trinajstić information content (AvgIpc) is 2.37. The Morgan fingerprint density at radius 3 is 2.24 bits per heavy atom. The summed E-state index contributed by atoms with van der Waals surface area (Å²) in [6, 6.07) is 0.764. The lowest BCUT2D eigenvalue weighted by Crippen LogP contribution is -2.30. The van der Waals surface area contributed by atoms with E-state index in [0.717, 1.165) is 24.7 Å². The van der Waals surface area contributed by atoms with Crippen LogP contribution in [0, 0.1) is 6.92 Å². The summed E-state index contributed by atoms with van der Waals surface area (Å²) < 4.78 is 0. The van der Waals surface area contributed by atoms with Gasteiger partial charge in [-0.3, -0.25) is 0 Å². The summed E-state index contributed by atoms with van der Waals surface area (Å²) in [5, 5.41) is 3.52. The molecular formula is C17H30N4. The third-order valence-electron chi connectivity index (χ3n) is 4.19. The van der Waals surface area contributed by atoms with Gasteiger partial charge < -0.3 is 10.2 Å². The molecule has 1 atom stereocenters. The monoisotopic (exact) mass is 290 g/mol. The van der Waals surface area contributed by atoms with Gasteiger partial charge >= 0.3 is 0 Å². The maximum absolute atomic E-state index is 4.77. The van der Waals surface area contributed by atoms with Crippen LogP contribution in [0.15, 0.2) is 6.20 Å². The number of aryl methyl sites for hydroxylation is 1. The molecule has 1 fully saturated rings. The fourth-order valence-electron chi connectivity index (χ4n) is 3.08. The van der Waals surface area contributed by atoms with E-state index in [1.54, 1.807) is 0 Å². The van der Waals surface area contributed by atoms with Crippen LogP contribution in [0.2, 0.25) is 0 Å². The number of nitrogens with one attached hydrogen (secondary N) is 1. The molecule has 4 heteroatoms. The Balaban J connectivity index is 2.10. The van der Waals surface area contributed by atoms with Crippen LogP contribution in [0.5, 0.6) is 0 Å². The smallest absolute Gasteiger partial charge is 0.225 e. The standard InChI is InChI=1S/C17H30N4/c1-13(2)19-14(3)16-12-18-17(20-15(16)4)21-10-8-6-5-7-9-11-21/h12-14,19H,5-11H2,1-4H3/t14-/m1/s1. The second-order valence-corrected chi connectivity index (χ2v) is 6.51. The van der Waals surface area contributed by atoms with E-state index >= 15 is 0 Å². The fraction of sp³-hybridized carbons (Fsp3) is 0.765. The van der Waals surface area contributed by atoms with Crippen LogP contribution in [-0.2, 0) is 0 Å². The van der Waals surface area contributed by atoms with Gasteiger partial charge in [0.1, 0.15) is 0 Å². The molecule has 0 bridgehead atoms. The van der Waals surface area contributed by atoms with Crippen molar-refractivity contribution in [3.63, 3.8) is 0 Å². The molecule has 1 aliphatic rings. The number of hydrogen-bond donors (Lipinski definition) is 1. The molecular weight excluding hydrogens is 260 g/mol. The number of hydrogen-bond acceptors (Lipinski definition) is 4. The maximum Gasteiger partial charge on any atom is 0.225 e. The zero-order valence-corrected chi connectivity index (χ0v) is 14.0. The number of aromatic nitrogens is 2. The molecule has 1 N–H and O–H groups in total. The molecule has 0 aromatic carbocycles. The van der Waals surface area contributed by atoms with Crippen LogP contribution < -0.4 is 10.2 Å². The minimum absolute atomic E-state index is 0.298. The Morgan fingerprint density at radius 2 is 1.67 bits per heavy atom. The molecule has 118 valence electrons. The first-order valence-electron chi connectivity index (χ1n) is 8.42. The summed E-state index contributed by atoms with van der Waals surface area (Å²) in [5.41, 5.74) is 2.31. The molecule has 2 rings (SSSR count). The maximum atomic E-state index is 4.77. The molecule has 0 amide bonds. The van der Waals surface area contributed by atoms with E-state index < -0.39 is 0 Å². The molecule has 0 radical (unpaired) electrons. The predicted octanol–water partition coefficient (Wildman–Crippen LogP) is 3.61. The lowest BCUT2D eigenvalue weighted by atomic mass is 10.1. The van der Waals surface area contributed by atoms with E-state index in [1.807, 2.05) is 6.20 Å². The van der Waals surface area contributed by atoms with Crippen molar-refractivity contribution >= 4 is 5.95 Å². The molecule has 0 saturated carbocycles. The van der Waals surface area contributed by atoms with Crippen molar-refractivity contribution in [2.45, 2.75) is 71.9 Å². The molecule has 4 nitrogen and oxygen atoms in total. The second-order valence-electron chi connectivity index (χ2n) is 6.51. The molecule has 0 spiro atoms. The van der Waals surface area contributed by atoms with E-state index in [1.165, 1.54) is 37.7 Å². The summed E-state index contributed by atoms with van der Waals surface area (Å²) in [5.74, 6) is 0.912. The van der Waals surface area contributed by atoms with Crippen LogP contribution >= 0.6 is 0 Å². The number of rotatable bonds is 4. The van der Waals surface area contributed by atoms with Crippen molar-refractivity contribution in [2.24, 2.45) is 0 Å². The Morgan fingerprint density at radius 1 is 1.05 bits per heavy atom. The van der Waals surface area contributed by atoms with Gasteiger partial charge in [-0.2, -0.15) is 0 Å². The minimum atomic E-state index is 0.298. The van der Waals surface area contributed by atoms with E-state index in [4.69, 9.17) is 4.98 Å². The van der Waals surface area contributed by atoms with Gasteiger partial charge in [0.15, 0.2) is 0 Å². The summed E-state index contributed by atoms with van der Waals surface area (Å²) in [6.45, 7) is 10.8. The van der Waals surface area contributed by atoms with Gasteiger partial charge in [0.25, 0.3) is 0 Å². The Labute approximate surface area is 129 Å². The van der Waals surface area contributed by atoms with Crippen molar-refractivity contribution < 1.29 is 0 Å². The highest BCUT2D eigenvalue weighted by Gasteiger charge is 2.15. The molecule has 1 aromatic heterocycles. The van der Waals surface area contributed by atoms with Crippen LogP contribution in [0.25, 0.3) is 0 Å². The largest absolute Gasteiger partial charge is 0.341 e. The van der Waals surface area contributed by atoms with Gasteiger partial charge in [-0.25, -0.2) is 9.97 Å². The summed E-state index contributed by atoms with van der Waals surface area (Å²) in [6.07, 6.45) is 8.58. The first-order valence-corrected chi connectivity index (χ1v) is 8.42. The van der Waals surface area contributed by atoms with Crippen molar-refractivity contribution in [1.29, 1.82) is 0 Å². The van der Waals surface area contributed by atoms with E-state index in [2.05, 4.69) is 42.9 Å². The first-order chi connectivity index (χ1) is 10.1. The SMILES string of the molecule is Cc1nc(N2CCCCCCC2)ncc1[C@@H](C)NC(C)C. The third-order valence-corrected chi connectivity index (χ3v) is 4.19. The van der Waals surface area contributed by atoms with Gasteiger partial charge in [0.05, 0.1) is 0 Å². The minimum Gasteiger partial charge on any atom is -0.341 e. The fourth-order valence-corrected chi connectivity index (χ4v) is 3.08. The quantitative estimate of drug-likeness (QED) is 0.919. The number of nitrogens with zero attached hydrogens (tertiary/aromatic N) is 3. The third kappa shape index (κ3) is 4.67. The molecule has 21 heavy (non-hydrogen) atoms. The highest BCUT2D eigenvalue weighted by Crippen LogP contribution is 2.20. The summed E-state index contributed by atoms with van der Waals surface area (Å²) >= 11 is 0. The zero-order chi connectivity index (χ0) is 15.2. The van der Waals surface area contributed by atoms with Crippen molar-refractivity contribution in [3.8, 4) is 0 Å². The molecule has 0 aliphatic carbocycles. The van der Waals surface area contributed by atoms with Crippen molar-refractivity contribution in [1.82, 2.24) is 15.3 Å². The average molecular weight is 290 g/mol. The van der Waals surface area contributed by atoms with Crippen molar-refractivity contribution in [3.05, 3.63) is 17.5 Å². The highest BCUT2D eigenvalue weighted by molar-refractivity contribution is 5.34. The van der Waals surface area contributed by atoms with Gasteiger partial charge in [0, 0.05) is 42.6 Å². The number of anilines is 1. The molecule has 1 aliphatic heterocycles. The Bertz CT molecular complexity index is 436.